The topological polar surface area (TPSA) is 184 Å². The van der Waals surface area contributed by atoms with Crippen molar-refractivity contribution in [3.63, 3.8) is 0 Å². The van der Waals surface area contributed by atoms with Gasteiger partial charge in [0.15, 0.2) is 11.6 Å². The Bertz CT molecular complexity index is 3150. The van der Waals surface area contributed by atoms with Crippen molar-refractivity contribution in [3.8, 4) is 0 Å². The van der Waals surface area contributed by atoms with Gasteiger partial charge in [-0.3, -0.25) is 14.8 Å². The van der Waals surface area contributed by atoms with E-state index in [1.165, 1.54) is 22.8 Å². The van der Waals surface area contributed by atoms with E-state index in [2.05, 4.69) is 102 Å². The van der Waals surface area contributed by atoms with Crippen LogP contribution in [0.15, 0.2) is 132 Å². The maximum atomic E-state index is 11.1. The average molecular weight is 1000 g/mol. The number of carbonyl (C=O) groups is 2. The first kappa shape index (κ1) is 43.1. The highest BCUT2D eigenvalue weighted by molar-refractivity contribution is 9.10. The summed E-state index contributed by atoms with van der Waals surface area (Å²) in [5.74, 6) is 1.31. The third kappa shape index (κ3) is 10.7. The van der Waals surface area contributed by atoms with E-state index in [9.17, 15) is 9.59 Å². The number of aromatic nitrogens is 5. The van der Waals surface area contributed by atoms with E-state index >= 15 is 0 Å². The monoisotopic (exact) mass is 1000 g/mol. The Kier molecular flexibility index (Phi) is 13.1. The second-order valence-electron chi connectivity index (χ2n) is 14.1. The van der Waals surface area contributed by atoms with Crippen LogP contribution in [0.25, 0.3) is 32.1 Å². The van der Waals surface area contributed by atoms with Gasteiger partial charge in [0.1, 0.15) is 17.2 Å². The summed E-state index contributed by atoms with van der Waals surface area (Å²) in [6.45, 7) is 5.03. The highest BCUT2D eigenvalue weighted by Gasteiger charge is 2.12. The molecule has 0 spiro atoms. The maximum Gasteiger partial charge on any atom is 0.371 e. The van der Waals surface area contributed by atoms with Gasteiger partial charge in [-0.1, -0.05) is 50.1 Å². The van der Waals surface area contributed by atoms with E-state index < -0.39 is 5.97 Å². The maximum absolute atomic E-state index is 11.1. The fourth-order valence-electron chi connectivity index (χ4n) is 6.51. The number of anilines is 4. The number of aryl methyl sites for hydroxylation is 1. The van der Waals surface area contributed by atoms with Gasteiger partial charge in [0.05, 0.1) is 29.0 Å². The number of aliphatic imine (C=N–C) groups is 2. The van der Waals surface area contributed by atoms with Crippen LogP contribution in [0.1, 0.15) is 56.0 Å². The van der Waals surface area contributed by atoms with Crippen LogP contribution in [0.4, 0.5) is 23.0 Å². The molecule has 0 radical (unpaired) electrons. The molecule has 2 aliphatic heterocycles. The number of fused-ring (bicyclic) bond motifs is 5. The predicted molar refractivity (Wildman–Crippen MR) is 258 cm³/mol. The first-order valence-corrected chi connectivity index (χ1v) is 22.0. The van der Waals surface area contributed by atoms with Gasteiger partial charge in [0, 0.05) is 62.2 Å². The number of nitrogens with one attached hydrogen (secondary N) is 3. The summed E-state index contributed by atoms with van der Waals surface area (Å²) < 4.78 is 8.05. The predicted octanol–water partition coefficient (Wildman–Crippen LogP) is 12.5. The summed E-state index contributed by atoms with van der Waals surface area (Å²) in [5, 5.41) is 19.4. The molecule has 0 saturated heterocycles. The number of benzene rings is 4. The number of hydrogen-bond donors (Lipinski definition) is 4. The lowest BCUT2D eigenvalue weighted by Crippen LogP contribution is -1.98. The number of carboxylic acids is 1. The summed E-state index contributed by atoms with van der Waals surface area (Å²) in [7, 11) is 0. The van der Waals surface area contributed by atoms with Crippen LogP contribution in [0.2, 0.25) is 5.28 Å². The highest BCUT2D eigenvalue weighted by Crippen LogP contribution is 2.30. The quantitative estimate of drug-likeness (QED) is 0.0923. The van der Waals surface area contributed by atoms with E-state index in [0.717, 1.165) is 77.1 Å². The van der Waals surface area contributed by atoms with Gasteiger partial charge in [0.2, 0.25) is 11.0 Å². The molecule has 0 unspecified atom stereocenters. The Balaban J connectivity index is 0.000000117. The smallest absolute Gasteiger partial charge is 0.371 e. The fourth-order valence-corrected chi connectivity index (χ4v) is 8.14. The molecule has 63 heavy (non-hydrogen) atoms. The van der Waals surface area contributed by atoms with Gasteiger partial charge in [-0.2, -0.15) is 0 Å². The number of H-pyrrole nitrogens is 1. The molecule has 0 bridgehead atoms. The van der Waals surface area contributed by atoms with E-state index in [1.54, 1.807) is 42.7 Å². The number of furan rings is 1. The lowest BCUT2D eigenvalue weighted by molar-refractivity contribution is 0.0664. The molecular formula is C46H34Br2ClN9O4S. The normalized spacial score (nSPS) is 11.8. The van der Waals surface area contributed by atoms with Crippen molar-refractivity contribution in [2.75, 3.05) is 10.6 Å². The Morgan fingerprint density at radius 1 is 0.794 bits per heavy atom. The third-order valence-corrected chi connectivity index (χ3v) is 11.6. The molecule has 2 aliphatic rings. The van der Waals surface area contributed by atoms with Crippen LogP contribution in [0.3, 0.4) is 0 Å². The van der Waals surface area contributed by atoms with E-state index in [0.29, 0.717) is 17.1 Å². The minimum Gasteiger partial charge on any atom is -0.475 e. The van der Waals surface area contributed by atoms with Crippen molar-refractivity contribution in [2.24, 2.45) is 9.98 Å². The summed E-state index contributed by atoms with van der Waals surface area (Å²) in [6, 6.07) is 30.8. The second-order valence-corrected chi connectivity index (χ2v) is 17.1. The molecule has 7 heterocycles. The second kappa shape index (κ2) is 19.2. The van der Waals surface area contributed by atoms with Gasteiger partial charge < -0.3 is 25.1 Å². The number of Topliss-reactive ketones (excluding diaryl/α,β-unsaturated/α-hetero) is 1. The molecule has 0 fully saturated rings. The minimum absolute atomic E-state index is 0.0342. The number of carbonyl (C=O) groups excluding carboxylic acids is 1. The number of nitrogens with zero attached hydrogens (tertiary/aromatic N) is 6. The van der Waals surface area contributed by atoms with Crippen LogP contribution in [0, 0.1) is 6.92 Å². The number of halogens is 3. The molecule has 4 N–H and O–H groups in total. The number of hydrogen-bond acceptors (Lipinski definition) is 12. The Hall–Kier alpha value is -6.59. The Morgan fingerprint density at radius 2 is 1.48 bits per heavy atom. The standard InChI is InChI=1S/C15H12N4S.C12H9ClN4.C10H8BrNO.C9H5BrO3/c1-9-17-13-4-5-20-14(13)15(18-9)19-12-3-2-10-7-16-8-11(10)6-12;13-12-15-4-3-11(17-12)16-10-2-1-8-6-14-7-9(8)5-10;1-6(13)9-4-7-2-3-8(11)5-10(7)12-9;10-6-2-1-5-3-8(9(11)12)13-7(5)4-6/h2-6,8H,7H2,1H3,(H,17,18,19);1-5,7H,6H2,(H,15,16,17);2-5,12H,1H3;1-4H,(H,11,12). The summed E-state index contributed by atoms with van der Waals surface area (Å²) in [4.78, 5) is 50.0. The first-order valence-electron chi connectivity index (χ1n) is 19.2. The lowest BCUT2D eigenvalue weighted by Gasteiger charge is -2.08. The minimum atomic E-state index is -1.05. The van der Waals surface area contributed by atoms with Crippen molar-refractivity contribution in [3.05, 3.63) is 162 Å². The molecule has 5 aromatic heterocycles. The summed E-state index contributed by atoms with van der Waals surface area (Å²) >= 11 is 14.0. The Morgan fingerprint density at radius 3 is 2.16 bits per heavy atom. The number of rotatable bonds is 6. The van der Waals surface area contributed by atoms with Gasteiger partial charge in [-0.25, -0.2) is 24.7 Å². The average Bonchev–Trinajstić information content (AvgIpc) is 4.11. The van der Waals surface area contributed by atoms with Gasteiger partial charge in [-0.05, 0) is 125 Å². The van der Waals surface area contributed by atoms with Crippen LogP contribution in [-0.2, 0) is 13.1 Å². The van der Waals surface area contributed by atoms with Crippen LogP contribution >= 0.6 is 54.8 Å². The molecule has 11 rings (SSSR count). The van der Waals surface area contributed by atoms with Crippen molar-refractivity contribution >= 4 is 134 Å². The number of thiophene rings is 1. The van der Waals surface area contributed by atoms with Crippen molar-refractivity contribution < 1.29 is 19.1 Å². The zero-order valence-electron chi connectivity index (χ0n) is 33.4. The Labute approximate surface area is 385 Å². The molecule has 17 heteroatoms. The SMILES string of the molecule is CC(=O)c1cc2ccc(Br)cc2[nH]1.Cc1nc(Nc2ccc3c(c2)C=NC3)c2sccc2n1.Clc1nccc(Nc2ccc3c(c2)C=NC3)n1.O=C(O)c1cc2ccc(Br)cc2o1. The molecule has 0 aliphatic carbocycles. The van der Waals surface area contributed by atoms with Crippen molar-refractivity contribution in [1.29, 1.82) is 0 Å². The molecule has 0 amide bonds. The first-order chi connectivity index (χ1) is 30.4. The molecule has 314 valence electrons. The molecular weight excluding hydrogens is 970 g/mol. The van der Waals surface area contributed by atoms with Crippen molar-refractivity contribution in [2.45, 2.75) is 26.9 Å². The molecule has 9 aromatic rings. The van der Waals surface area contributed by atoms with E-state index in [-0.39, 0.29) is 16.8 Å². The number of ketones is 1. The molecule has 4 aromatic carbocycles. The van der Waals surface area contributed by atoms with Crippen LogP contribution in [-0.4, -0.2) is 54.2 Å². The van der Waals surface area contributed by atoms with Gasteiger partial charge in [-0.15, -0.1) is 11.3 Å². The fraction of sp³-hybridized carbons (Fsp3) is 0.0870. The molecule has 0 atom stereocenters. The van der Waals surface area contributed by atoms with Crippen LogP contribution < -0.4 is 10.6 Å². The summed E-state index contributed by atoms with van der Waals surface area (Å²) in [6.07, 6.45) is 5.42. The zero-order valence-corrected chi connectivity index (χ0v) is 38.1. The highest BCUT2D eigenvalue weighted by atomic mass is 79.9. The third-order valence-electron chi connectivity index (χ3n) is 9.51. The van der Waals surface area contributed by atoms with Crippen molar-refractivity contribution in [1.82, 2.24) is 24.9 Å². The zero-order chi connectivity index (χ0) is 44.0. The van der Waals surface area contributed by atoms with E-state index in [1.807, 2.05) is 73.3 Å². The number of aromatic carboxylic acids is 1. The lowest BCUT2D eigenvalue weighted by atomic mass is 10.1. The van der Waals surface area contributed by atoms with Gasteiger partial charge >= 0.3 is 5.97 Å². The largest absolute Gasteiger partial charge is 0.475 e. The molecule has 13 nitrogen and oxygen atoms in total. The van der Waals surface area contributed by atoms with Gasteiger partial charge in [0.25, 0.3) is 0 Å². The van der Waals surface area contributed by atoms with Crippen LogP contribution in [0.5, 0.6) is 0 Å². The van der Waals surface area contributed by atoms with E-state index in [4.69, 9.17) is 21.1 Å². The number of carboxylic acid groups (broad SMARTS) is 1. The molecule has 0 saturated carbocycles. The number of aromatic amines is 1. The summed E-state index contributed by atoms with van der Waals surface area (Å²) in [5.41, 5.74) is 10.1.